The summed E-state index contributed by atoms with van der Waals surface area (Å²) in [6.07, 6.45) is 1.00. The largest absolute Gasteiger partial charge is 0.466 e. The first kappa shape index (κ1) is 21.8. The number of methoxy groups -OCH3 is 2. The number of esters is 2. The minimum absolute atomic E-state index is 0.0989. The van der Waals surface area contributed by atoms with E-state index in [0.717, 1.165) is 11.5 Å². The van der Waals surface area contributed by atoms with Crippen LogP contribution in [-0.2, 0) is 25.6 Å². The molecule has 0 spiro atoms. The molecule has 0 atom stereocenters. The number of hydrogen-bond acceptors (Lipinski definition) is 8. The molecular formula is C23H21N5O5. The third-order valence-electron chi connectivity index (χ3n) is 5.04. The minimum Gasteiger partial charge on any atom is -0.466 e. The first-order valence-corrected chi connectivity index (χ1v) is 10.1. The average molecular weight is 447 g/mol. The summed E-state index contributed by atoms with van der Waals surface area (Å²) >= 11 is 0. The van der Waals surface area contributed by atoms with Gasteiger partial charge in [-0.25, -0.2) is 9.59 Å². The molecule has 4 rings (SSSR count). The summed E-state index contributed by atoms with van der Waals surface area (Å²) in [5.41, 5.74) is 2.45. The molecule has 2 aromatic heterocycles. The topological polar surface area (TPSA) is 117 Å². The summed E-state index contributed by atoms with van der Waals surface area (Å²) < 4.78 is 10.9. The summed E-state index contributed by atoms with van der Waals surface area (Å²) in [4.78, 5) is 38.3. The summed E-state index contributed by atoms with van der Waals surface area (Å²) in [5, 5.41) is 12.5. The molecule has 0 saturated carbocycles. The van der Waals surface area contributed by atoms with Crippen molar-refractivity contribution in [2.24, 2.45) is 0 Å². The molecule has 2 aromatic carbocycles. The van der Waals surface area contributed by atoms with Crippen molar-refractivity contribution in [2.75, 3.05) is 19.5 Å². The average Bonchev–Trinajstić information content (AvgIpc) is 3.26. The van der Waals surface area contributed by atoms with Crippen LogP contribution in [-0.4, -0.2) is 45.7 Å². The lowest BCUT2D eigenvalue weighted by molar-refractivity contribution is -0.138. The number of rotatable bonds is 6. The predicted octanol–water partition coefficient (Wildman–Crippen LogP) is 2.40. The molecule has 0 fully saturated rings. The van der Waals surface area contributed by atoms with Gasteiger partial charge < -0.3 is 19.4 Å². The van der Waals surface area contributed by atoms with Gasteiger partial charge >= 0.3 is 11.9 Å². The molecule has 10 heteroatoms. The lowest BCUT2D eigenvalue weighted by atomic mass is 10.1. The van der Waals surface area contributed by atoms with Gasteiger partial charge in [-0.2, -0.15) is 0 Å². The van der Waals surface area contributed by atoms with Crippen LogP contribution < -0.4 is 10.9 Å². The van der Waals surface area contributed by atoms with E-state index in [1.807, 2.05) is 31.2 Å². The number of ether oxygens (including phenoxy) is 2. The van der Waals surface area contributed by atoms with Crippen LogP contribution in [0.15, 0.2) is 65.1 Å². The van der Waals surface area contributed by atoms with Crippen molar-refractivity contribution in [3.05, 3.63) is 70.7 Å². The first-order chi connectivity index (χ1) is 15.9. The van der Waals surface area contributed by atoms with Crippen LogP contribution in [0.4, 0.5) is 5.69 Å². The molecular weight excluding hydrogens is 426 g/mol. The highest BCUT2D eigenvalue weighted by Gasteiger charge is 2.16. The molecule has 0 radical (unpaired) electrons. The van der Waals surface area contributed by atoms with Gasteiger partial charge in [-0.15, -0.1) is 15.0 Å². The second-order valence-corrected chi connectivity index (χ2v) is 7.03. The number of carbonyl (C=O) groups is 2. The Kier molecular flexibility index (Phi) is 5.90. The molecule has 0 bridgehead atoms. The fourth-order valence-electron chi connectivity index (χ4n) is 3.45. The number of pyridine rings is 1. The van der Waals surface area contributed by atoms with E-state index in [4.69, 9.17) is 4.74 Å². The molecule has 0 unspecified atom stereocenters. The van der Waals surface area contributed by atoms with E-state index in [1.54, 1.807) is 28.8 Å². The fourth-order valence-corrected chi connectivity index (χ4v) is 3.45. The van der Waals surface area contributed by atoms with Crippen LogP contribution in [0.25, 0.3) is 27.6 Å². The maximum atomic E-state index is 13.3. The zero-order chi connectivity index (χ0) is 23.5. The Balaban J connectivity index is 1.80. The smallest absolute Gasteiger partial charge is 0.354 e. The van der Waals surface area contributed by atoms with Gasteiger partial charge in [0.15, 0.2) is 5.69 Å². The van der Waals surface area contributed by atoms with Crippen molar-refractivity contribution in [3.63, 3.8) is 0 Å². The van der Waals surface area contributed by atoms with Crippen LogP contribution in [0.5, 0.6) is 0 Å². The highest BCUT2D eigenvalue weighted by Crippen LogP contribution is 2.22. The molecule has 168 valence electrons. The van der Waals surface area contributed by atoms with Crippen molar-refractivity contribution in [1.82, 2.24) is 19.6 Å². The van der Waals surface area contributed by atoms with E-state index in [0.29, 0.717) is 34.5 Å². The van der Waals surface area contributed by atoms with Crippen LogP contribution in [0.3, 0.4) is 0 Å². The van der Waals surface area contributed by atoms with E-state index in [2.05, 4.69) is 20.3 Å². The van der Waals surface area contributed by atoms with Crippen molar-refractivity contribution in [1.29, 1.82) is 0 Å². The standard InChI is InChI=1S/C23H21N5O5/c1-4-27-19-12-15(24-18(23(31)33-3)13-21(29)32-2)10-9-14(19)11-20(22(27)30)28-25-16-7-5-6-8-17(16)26-28/h5-13,24H,4H2,1-3H3/b18-13+. The monoisotopic (exact) mass is 447 g/mol. The number of anilines is 1. The van der Waals surface area contributed by atoms with Crippen LogP contribution >= 0.6 is 0 Å². The summed E-state index contributed by atoms with van der Waals surface area (Å²) in [6.45, 7) is 2.25. The van der Waals surface area contributed by atoms with Gasteiger partial charge in [0, 0.05) is 17.6 Å². The van der Waals surface area contributed by atoms with Crippen molar-refractivity contribution >= 4 is 39.6 Å². The number of nitrogens with one attached hydrogen (secondary N) is 1. The molecule has 0 aliphatic heterocycles. The third kappa shape index (κ3) is 4.18. The number of aryl methyl sites for hydroxylation is 1. The van der Waals surface area contributed by atoms with Gasteiger partial charge in [0.1, 0.15) is 16.7 Å². The summed E-state index contributed by atoms with van der Waals surface area (Å²) in [5.74, 6) is -1.45. The molecule has 1 N–H and O–H groups in total. The zero-order valence-corrected chi connectivity index (χ0v) is 18.2. The van der Waals surface area contributed by atoms with Gasteiger partial charge in [-0.3, -0.25) is 4.79 Å². The Morgan fingerprint density at radius 2 is 1.73 bits per heavy atom. The van der Waals surface area contributed by atoms with Crippen LogP contribution in [0.2, 0.25) is 0 Å². The van der Waals surface area contributed by atoms with Crippen LogP contribution in [0, 0.1) is 0 Å². The number of carbonyl (C=O) groups excluding carboxylic acids is 2. The molecule has 4 aromatic rings. The lowest BCUT2D eigenvalue weighted by Gasteiger charge is -2.14. The Bertz CT molecular complexity index is 1430. The molecule has 2 heterocycles. The SMILES string of the molecule is CCn1c(=O)c(-n2nc3ccccc3n2)cc2ccc(N/C(=C/C(=O)OC)C(=O)OC)cc21. The van der Waals surface area contributed by atoms with E-state index < -0.39 is 11.9 Å². The zero-order valence-electron chi connectivity index (χ0n) is 18.2. The van der Waals surface area contributed by atoms with E-state index in [9.17, 15) is 14.4 Å². The maximum Gasteiger partial charge on any atom is 0.354 e. The van der Waals surface area contributed by atoms with Crippen LogP contribution in [0.1, 0.15) is 6.92 Å². The van der Waals surface area contributed by atoms with Gasteiger partial charge in [0.2, 0.25) is 0 Å². The predicted molar refractivity (Wildman–Crippen MR) is 122 cm³/mol. The van der Waals surface area contributed by atoms with E-state index in [1.165, 1.54) is 19.0 Å². The Morgan fingerprint density at radius 1 is 1.03 bits per heavy atom. The van der Waals surface area contributed by atoms with Gasteiger partial charge in [-0.1, -0.05) is 18.2 Å². The summed E-state index contributed by atoms with van der Waals surface area (Å²) in [7, 11) is 2.41. The number of fused-ring (bicyclic) bond motifs is 2. The number of aromatic nitrogens is 4. The molecule has 0 saturated heterocycles. The van der Waals surface area contributed by atoms with Gasteiger partial charge in [-0.05, 0) is 37.3 Å². The van der Waals surface area contributed by atoms with E-state index in [-0.39, 0.29) is 11.3 Å². The second kappa shape index (κ2) is 8.95. The second-order valence-electron chi connectivity index (χ2n) is 7.03. The Hall–Kier alpha value is -4.47. The molecule has 0 aliphatic carbocycles. The van der Waals surface area contributed by atoms with Gasteiger partial charge in [0.05, 0.1) is 25.8 Å². The number of hydrogen-bond donors (Lipinski definition) is 1. The maximum absolute atomic E-state index is 13.3. The lowest BCUT2D eigenvalue weighted by Crippen LogP contribution is -2.25. The highest BCUT2D eigenvalue weighted by molar-refractivity contribution is 5.99. The molecule has 0 aliphatic rings. The quantitative estimate of drug-likeness (QED) is 0.354. The van der Waals surface area contributed by atoms with E-state index >= 15 is 0 Å². The molecule has 0 amide bonds. The minimum atomic E-state index is -0.736. The van der Waals surface area contributed by atoms with Crippen molar-refractivity contribution < 1.29 is 19.1 Å². The third-order valence-corrected chi connectivity index (χ3v) is 5.04. The van der Waals surface area contributed by atoms with Gasteiger partial charge in [0.25, 0.3) is 5.56 Å². The summed E-state index contributed by atoms with van der Waals surface area (Å²) in [6, 6.07) is 14.3. The first-order valence-electron chi connectivity index (χ1n) is 10.1. The molecule has 10 nitrogen and oxygen atoms in total. The van der Waals surface area contributed by atoms with Crippen molar-refractivity contribution in [2.45, 2.75) is 13.5 Å². The normalized spacial score (nSPS) is 11.5. The Labute approximate surface area is 188 Å². The number of nitrogens with zero attached hydrogens (tertiary/aromatic N) is 4. The van der Waals surface area contributed by atoms with Crippen molar-refractivity contribution in [3.8, 4) is 5.69 Å². The Morgan fingerprint density at radius 3 is 2.33 bits per heavy atom. The molecule has 33 heavy (non-hydrogen) atoms. The fraction of sp³-hybridized carbons (Fsp3) is 0.174. The number of benzene rings is 2. The highest BCUT2D eigenvalue weighted by atomic mass is 16.5.